The van der Waals surface area contributed by atoms with E-state index in [0.29, 0.717) is 48.8 Å². The van der Waals surface area contributed by atoms with Crippen molar-refractivity contribution in [2.75, 3.05) is 26.2 Å². The van der Waals surface area contributed by atoms with Crippen LogP contribution < -0.4 is 11.0 Å². The van der Waals surface area contributed by atoms with E-state index in [-0.39, 0.29) is 17.6 Å². The lowest BCUT2D eigenvalue weighted by atomic mass is 10.1. The van der Waals surface area contributed by atoms with Crippen LogP contribution in [0.25, 0.3) is 11.0 Å². The fraction of sp³-hybridized carbons (Fsp3) is 0.500. The molecule has 2 heterocycles. The van der Waals surface area contributed by atoms with Crippen LogP contribution >= 0.6 is 0 Å². The molecule has 1 aromatic heterocycles. The number of piperazine rings is 1. The second-order valence-electron chi connectivity index (χ2n) is 7.05. The van der Waals surface area contributed by atoms with Gasteiger partial charge in [0.1, 0.15) is 0 Å². The Kier molecular flexibility index (Phi) is 4.40. The number of nitrogens with one attached hydrogen (secondary N) is 3. The molecule has 0 unspecified atom stereocenters. The quantitative estimate of drug-likeness (QED) is 0.754. The van der Waals surface area contributed by atoms with Crippen LogP contribution in [0.15, 0.2) is 23.0 Å². The lowest BCUT2D eigenvalue weighted by Gasteiger charge is -2.35. The van der Waals surface area contributed by atoms with Crippen LogP contribution in [0.2, 0.25) is 0 Å². The first-order valence-corrected chi connectivity index (χ1v) is 9.17. The molecule has 0 radical (unpaired) electrons. The smallest absolute Gasteiger partial charge is 0.323 e. The summed E-state index contributed by atoms with van der Waals surface area (Å²) in [5.74, 6) is -0.0789. The number of nitrogens with zero attached hydrogens (tertiary/aromatic N) is 2. The Labute approximate surface area is 150 Å². The van der Waals surface area contributed by atoms with Crippen LogP contribution in [0.1, 0.15) is 36.0 Å². The molecule has 1 aliphatic carbocycles. The van der Waals surface area contributed by atoms with Gasteiger partial charge in [-0.05, 0) is 31.0 Å². The summed E-state index contributed by atoms with van der Waals surface area (Å²) in [6, 6.07) is 5.42. The second kappa shape index (κ2) is 6.86. The van der Waals surface area contributed by atoms with Crippen LogP contribution in [0.4, 0.5) is 4.79 Å². The summed E-state index contributed by atoms with van der Waals surface area (Å²) < 4.78 is 0. The molecule has 4 rings (SSSR count). The Hall–Kier alpha value is -2.77. The average Bonchev–Trinajstić information content (AvgIpc) is 3.28. The minimum Gasteiger partial charge on any atom is -0.335 e. The minimum absolute atomic E-state index is 0.0182. The topological polar surface area (TPSA) is 101 Å². The largest absolute Gasteiger partial charge is 0.335 e. The van der Waals surface area contributed by atoms with E-state index < -0.39 is 0 Å². The first-order chi connectivity index (χ1) is 12.6. The number of carbonyl (C=O) groups is 2. The number of aromatic amines is 2. The number of benzene rings is 1. The zero-order valence-electron chi connectivity index (χ0n) is 14.6. The number of imidazole rings is 1. The molecule has 138 valence electrons. The molecule has 1 saturated carbocycles. The average molecular weight is 357 g/mol. The summed E-state index contributed by atoms with van der Waals surface area (Å²) in [4.78, 5) is 45.3. The third-order valence-corrected chi connectivity index (χ3v) is 5.30. The second-order valence-corrected chi connectivity index (χ2v) is 7.05. The molecular formula is C18H23N5O3. The van der Waals surface area contributed by atoms with E-state index in [1.54, 1.807) is 28.0 Å². The fourth-order valence-corrected chi connectivity index (χ4v) is 3.80. The highest BCUT2D eigenvalue weighted by molar-refractivity contribution is 5.97. The van der Waals surface area contributed by atoms with Crippen LogP contribution in [-0.2, 0) is 0 Å². The Morgan fingerprint density at radius 1 is 0.962 bits per heavy atom. The number of carbonyl (C=O) groups excluding carboxylic acids is 2. The molecule has 2 aromatic rings. The number of urea groups is 1. The molecule has 1 aliphatic heterocycles. The molecule has 0 bridgehead atoms. The molecular weight excluding hydrogens is 334 g/mol. The molecule has 2 aliphatic rings. The zero-order valence-corrected chi connectivity index (χ0v) is 14.6. The Balaban J connectivity index is 1.36. The first kappa shape index (κ1) is 16.7. The normalized spacial score (nSPS) is 18.5. The predicted octanol–water partition coefficient (Wildman–Crippen LogP) is 1.27. The molecule has 8 nitrogen and oxygen atoms in total. The van der Waals surface area contributed by atoms with E-state index >= 15 is 0 Å². The highest BCUT2D eigenvalue weighted by Gasteiger charge is 2.27. The van der Waals surface area contributed by atoms with Crippen LogP contribution in [0, 0.1) is 0 Å². The third-order valence-electron chi connectivity index (χ3n) is 5.30. The van der Waals surface area contributed by atoms with Crippen molar-refractivity contribution in [2.45, 2.75) is 31.7 Å². The molecule has 8 heteroatoms. The van der Waals surface area contributed by atoms with E-state index in [1.165, 1.54) is 12.8 Å². The van der Waals surface area contributed by atoms with Gasteiger partial charge in [0.15, 0.2) is 0 Å². The number of hydrogen-bond donors (Lipinski definition) is 3. The van der Waals surface area contributed by atoms with Crippen molar-refractivity contribution in [2.24, 2.45) is 0 Å². The van der Waals surface area contributed by atoms with Crippen LogP contribution in [0.5, 0.6) is 0 Å². The lowest BCUT2D eigenvalue weighted by molar-refractivity contribution is 0.0663. The summed E-state index contributed by atoms with van der Waals surface area (Å²) in [6.45, 7) is 2.10. The Morgan fingerprint density at radius 2 is 1.62 bits per heavy atom. The van der Waals surface area contributed by atoms with Crippen LogP contribution in [-0.4, -0.2) is 63.9 Å². The molecule has 2 fully saturated rings. The van der Waals surface area contributed by atoms with Gasteiger partial charge in [0.25, 0.3) is 5.91 Å². The Morgan fingerprint density at radius 3 is 2.35 bits per heavy atom. The summed E-state index contributed by atoms with van der Waals surface area (Å²) in [5, 5.41) is 3.09. The fourth-order valence-electron chi connectivity index (χ4n) is 3.80. The summed E-state index contributed by atoms with van der Waals surface area (Å²) in [7, 11) is 0. The van der Waals surface area contributed by atoms with Crippen molar-refractivity contribution in [3.05, 3.63) is 34.2 Å². The molecule has 1 saturated heterocycles. The molecule has 0 atom stereocenters. The molecule has 26 heavy (non-hydrogen) atoms. The van der Waals surface area contributed by atoms with Gasteiger partial charge in [0, 0.05) is 37.8 Å². The van der Waals surface area contributed by atoms with Crippen molar-refractivity contribution in [3.63, 3.8) is 0 Å². The summed E-state index contributed by atoms with van der Waals surface area (Å²) in [6.07, 6.45) is 4.50. The standard InChI is InChI=1S/C18H23N5O3/c24-16(12-5-6-14-15(11-12)21-17(25)20-14)22-7-9-23(10-8-22)18(26)19-13-3-1-2-4-13/h5-6,11,13H,1-4,7-10H2,(H,19,26)(H2,20,21,25). The monoisotopic (exact) mass is 357 g/mol. The summed E-state index contributed by atoms with van der Waals surface area (Å²) >= 11 is 0. The van der Waals surface area contributed by atoms with Crippen molar-refractivity contribution >= 4 is 23.0 Å². The SMILES string of the molecule is O=C(NC1CCCC1)N1CCN(C(=O)c2ccc3[nH]c(=O)[nH]c3c2)CC1. The highest BCUT2D eigenvalue weighted by Crippen LogP contribution is 2.18. The van der Waals surface area contributed by atoms with Gasteiger partial charge >= 0.3 is 11.7 Å². The van der Waals surface area contributed by atoms with Gasteiger partial charge < -0.3 is 25.1 Å². The number of aromatic nitrogens is 2. The van der Waals surface area contributed by atoms with Crippen LogP contribution in [0.3, 0.4) is 0 Å². The van der Waals surface area contributed by atoms with Crippen molar-refractivity contribution < 1.29 is 9.59 Å². The number of amides is 3. The molecule has 3 amide bonds. The van der Waals surface area contributed by atoms with E-state index in [0.717, 1.165) is 12.8 Å². The van der Waals surface area contributed by atoms with Gasteiger partial charge in [-0.3, -0.25) is 4.79 Å². The molecule has 1 aromatic carbocycles. The number of rotatable bonds is 2. The highest BCUT2D eigenvalue weighted by atomic mass is 16.2. The van der Waals surface area contributed by atoms with Crippen molar-refractivity contribution in [3.8, 4) is 0 Å². The number of hydrogen-bond acceptors (Lipinski definition) is 3. The van der Waals surface area contributed by atoms with Gasteiger partial charge in [-0.25, -0.2) is 9.59 Å². The van der Waals surface area contributed by atoms with E-state index in [1.807, 2.05) is 0 Å². The molecule has 3 N–H and O–H groups in total. The van der Waals surface area contributed by atoms with Crippen molar-refractivity contribution in [1.82, 2.24) is 25.1 Å². The zero-order chi connectivity index (χ0) is 18.1. The number of fused-ring (bicyclic) bond motifs is 1. The maximum Gasteiger partial charge on any atom is 0.323 e. The number of H-pyrrole nitrogens is 2. The van der Waals surface area contributed by atoms with Gasteiger partial charge in [-0.2, -0.15) is 0 Å². The van der Waals surface area contributed by atoms with Gasteiger partial charge in [0.2, 0.25) is 0 Å². The Bertz CT molecular complexity index is 872. The third kappa shape index (κ3) is 3.31. The predicted molar refractivity (Wildman–Crippen MR) is 97.2 cm³/mol. The minimum atomic E-state index is -0.286. The maximum atomic E-state index is 12.7. The van der Waals surface area contributed by atoms with E-state index in [2.05, 4.69) is 15.3 Å². The first-order valence-electron chi connectivity index (χ1n) is 9.17. The van der Waals surface area contributed by atoms with E-state index in [9.17, 15) is 14.4 Å². The molecule has 0 spiro atoms. The van der Waals surface area contributed by atoms with Crippen molar-refractivity contribution in [1.29, 1.82) is 0 Å². The van der Waals surface area contributed by atoms with Gasteiger partial charge in [0.05, 0.1) is 11.0 Å². The van der Waals surface area contributed by atoms with Gasteiger partial charge in [-0.1, -0.05) is 12.8 Å². The lowest BCUT2D eigenvalue weighted by Crippen LogP contribution is -2.54. The van der Waals surface area contributed by atoms with E-state index in [4.69, 9.17) is 0 Å². The summed E-state index contributed by atoms with van der Waals surface area (Å²) in [5.41, 5.74) is 1.55. The van der Waals surface area contributed by atoms with Gasteiger partial charge in [-0.15, -0.1) is 0 Å². The maximum absolute atomic E-state index is 12.7.